The molecule has 0 N–H and O–H groups in total. The van der Waals surface area contributed by atoms with E-state index < -0.39 is 0 Å². The van der Waals surface area contributed by atoms with Gasteiger partial charge in [-0.2, -0.15) is 11.6 Å². The van der Waals surface area contributed by atoms with Crippen LogP contribution in [-0.2, 0) is 20.0 Å². The third-order valence-corrected chi connectivity index (χ3v) is 5.17. The summed E-state index contributed by atoms with van der Waals surface area (Å²) in [5, 5.41) is 0. The van der Waals surface area contributed by atoms with Gasteiger partial charge in [0, 0.05) is 0 Å². The van der Waals surface area contributed by atoms with E-state index in [0.29, 0.717) is 12.0 Å². The fourth-order valence-electron chi connectivity index (χ4n) is 2.99. The first-order valence-corrected chi connectivity index (χ1v) is 13.1. The van der Waals surface area contributed by atoms with Gasteiger partial charge in [-0.3, -0.25) is 6.08 Å². The van der Waals surface area contributed by atoms with Crippen LogP contribution in [0.15, 0.2) is 71.4 Å². The first kappa shape index (κ1) is 32.6. The van der Waals surface area contributed by atoms with Crippen LogP contribution in [0.1, 0.15) is 89.5 Å². The second-order valence-electron chi connectivity index (χ2n) is 12.0. The van der Waals surface area contributed by atoms with Crippen molar-refractivity contribution >= 4 is 3.81 Å². The van der Waals surface area contributed by atoms with Crippen molar-refractivity contribution < 1.29 is 24.7 Å². The molecule has 0 heterocycles. The second-order valence-corrected chi connectivity index (χ2v) is 13.5. The summed E-state index contributed by atoms with van der Waals surface area (Å²) in [6.07, 6.45) is 13.0. The summed E-state index contributed by atoms with van der Waals surface area (Å²) in [4.78, 5) is 0. The molecule has 1 nitrogen and oxygen atoms in total. The molecule has 187 valence electrons. The predicted molar refractivity (Wildman–Crippen MR) is 149 cm³/mol. The molecular weight excluding hydrogens is 448 g/mol. The predicted octanol–water partition coefficient (Wildman–Crippen LogP) is 9.50. The van der Waals surface area contributed by atoms with E-state index in [1.807, 2.05) is 30.3 Å². The molecule has 0 radical (unpaired) electrons. The van der Waals surface area contributed by atoms with Gasteiger partial charge in [0.2, 0.25) is 0 Å². The summed E-state index contributed by atoms with van der Waals surface area (Å²) in [6.45, 7) is 27.0. The Balaban J connectivity index is 0.000000685. The van der Waals surface area contributed by atoms with E-state index in [2.05, 4.69) is 133 Å². The van der Waals surface area contributed by atoms with Crippen LogP contribution in [0.25, 0.3) is 0 Å². The maximum atomic E-state index is 5.96. The number of allylic oxidation sites excluding steroid dienone is 7. The van der Waals surface area contributed by atoms with E-state index in [0.717, 1.165) is 12.2 Å². The fraction of sp³-hybridized carbons (Fsp3) is 0.531. The van der Waals surface area contributed by atoms with Crippen molar-refractivity contribution in [1.82, 2.24) is 0 Å². The molecular formula is C32H49OTi. The Morgan fingerprint density at radius 2 is 1.47 bits per heavy atom. The first-order valence-electron chi connectivity index (χ1n) is 12.3. The molecule has 1 aliphatic carbocycles. The molecule has 0 saturated carbocycles. The van der Waals surface area contributed by atoms with Crippen molar-refractivity contribution in [2.75, 3.05) is 6.61 Å². The van der Waals surface area contributed by atoms with Gasteiger partial charge in [0.05, 0.1) is 0 Å². The number of benzene rings is 1. The number of hydrogen-bond acceptors (Lipinski definition) is 1. The second kappa shape index (κ2) is 14.8. The molecule has 34 heavy (non-hydrogen) atoms. The third kappa shape index (κ3) is 14.7. The Labute approximate surface area is 223 Å². The van der Waals surface area contributed by atoms with E-state index in [9.17, 15) is 0 Å². The summed E-state index contributed by atoms with van der Waals surface area (Å²) in [6, 6.07) is 10.0. The van der Waals surface area contributed by atoms with Gasteiger partial charge < -0.3 is 4.74 Å². The van der Waals surface area contributed by atoms with Crippen LogP contribution in [-0.4, -0.2) is 10.4 Å². The van der Waals surface area contributed by atoms with Gasteiger partial charge in [-0.25, -0.2) is 6.08 Å². The fourth-order valence-corrected chi connectivity index (χ4v) is 2.99. The molecule has 1 aromatic rings. The number of ether oxygens (including phenoxy) is 1. The quantitative estimate of drug-likeness (QED) is 0.229. The number of hydrogen-bond donors (Lipinski definition) is 0. The number of rotatable bonds is 4. The SMILES string of the molecule is CC(C)(C)C1=CC[C-]=C1.CC=C(C=C(COc1ccccc1)C(C)(C)C)C(C)(C)C.C[C](C)=[Ti+]. The van der Waals surface area contributed by atoms with Crippen LogP contribution in [0.2, 0.25) is 0 Å². The Hall–Kier alpha value is -1.44. The Morgan fingerprint density at radius 3 is 1.79 bits per heavy atom. The summed E-state index contributed by atoms with van der Waals surface area (Å²) in [5.41, 5.74) is 4.65. The summed E-state index contributed by atoms with van der Waals surface area (Å²) < 4.78 is 7.37. The molecule has 0 amide bonds. The zero-order valence-corrected chi connectivity index (χ0v) is 25.6. The minimum atomic E-state index is 0.0916. The van der Waals surface area contributed by atoms with Crippen LogP contribution in [0.3, 0.4) is 0 Å². The van der Waals surface area contributed by atoms with E-state index >= 15 is 0 Å². The first-order chi connectivity index (χ1) is 15.5. The summed E-state index contributed by atoms with van der Waals surface area (Å²) in [7, 11) is 0. The van der Waals surface area contributed by atoms with E-state index in [1.165, 1.54) is 20.5 Å². The molecule has 0 fully saturated rings. The normalized spacial score (nSPS) is 14.5. The van der Waals surface area contributed by atoms with E-state index in [-0.39, 0.29) is 10.8 Å². The number of para-hydroxylation sites is 1. The monoisotopic (exact) mass is 497 g/mol. The van der Waals surface area contributed by atoms with Crippen molar-refractivity contribution in [3.8, 4) is 5.75 Å². The standard InChI is InChI=1S/C20H30O.C9H13.C3H6.Ti/c1-8-16(19(2,3)4)14-17(20(5,6)7)15-21-18-12-10-9-11-13-18;1-9(2,3)8-6-4-5-7-8;1-3-2;/h8-14H,15H2,1-7H3;6-7H,4H2,1-3H3;1-2H3;/q;-1;;+1. The van der Waals surface area contributed by atoms with Crippen molar-refractivity contribution in [3.63, 3.8) is 0 Å². The van der Waals surface area contributed by atoms with Crippen LogP contribution < -0.4 is 4.74 Å². The van der Waals surface area contributed by atoms with Gasteiger partial charge in [0.1, 0.15) is 12.4 Å². The van der Waals surface area contributed by atoms with Gasteiger partial charge in [0.15, 0.2) is 0 Å². The summed E-state index contributed by atoms with van der Waals surface area (Å²) in [5.74, 6) is 0.922. The van der Waals surface area contributed by atoms with Crippen molar-refractivity contribution in [1.29, 1.82) is 0 Å². The van der Waals surface area contributed by atoms with Crippen molar-refractivity contribution in [2.45, 2.75) is 89.5 Å². The molecule has 2 heteroatoms. The van der Waals surface area contributed by atoms with E-state index in [1.54, 1.807) is 0 Å². The van der Waals surface area contributed by atoms with Crippen LogP contribution in [0.5, 0.6) is 5.75 Å². The molecule has 1 aromatic carbocycles. The topological polar surface area (TPSA) is 9.23 Å². The van der Waals surface area contributed by atoms with Crippen molar-refractivity contribution in [3.05, 3.63) is 77.4 Å². The zero-order chi connectivity index (χ0) is 26.6. The minimum absolute atomic E-state index is 0.0916. The summed E-state index contributed by atoms with van der Waals surface area (Å²) >= 11 is 2.08. The Bertz CT molecular complexity index is 856. The Kier molecular flexibility index (Phi) is 14.2. The molecule has 0 saturated heterocycles. The third-order valence-electron chi connectivity index (χ3n) is 5.17. The molecule has 0 unspecified atom stereocenters. The molecule has 0 atom stereocenters. The average Bonchev–Trinajstić information content (AvgIpc) is 3.22. The molecule has 1 aliphatic rings. The van der Waals surface area contributed by atoms with Gasteiger partial charge in [-0.1, -0.05) is 98.1 Å². The average molecular weight is 498 g/mol. The Morgan fingerprint density at radius 1 is 0.941 bits per heavy atom. The van der Waals surface area contributed by atoms with E-state index in [4.69, 9.17) is 4.74 Å². The van der Waals surface area contributed by atoms with Gasteiger partial charge in [-0.15, -0.1) is 6.42 Å². The van der Waals surface area contributed by atoms with Gasteiger partial charge >= 0.3 is 37.6 Å². The van der Waals surface area contributed by atoms with Crippen LogP contribution >= 0.6 is 0 Å². The molecule has 0 aliphatic heterocycles. The molecule has 0 aromatic heterocycles. The maximum absolute atomic E-state index is 5.96. The zero-order valence-electron chi connectivity index (χ0n) is 24.0. The van der Waals surface area contributed by atoms with Crippen molar-refractivity contribution in [2.24, 2.45) is 16.2 Å². The van der Waals surface area contributed by atoms with Crippen LogP contribution in [0.4, 0.5) is 0 Å². The molecule has 2 rings (SSSR count). The van der Waals surface area contributed by atoms with Gasteiger partial charge in [-0.05, 0) is 41.0 Å². The molecule has 0 bridgehead atoms. The van der Waals surface area contributed by atoms with Crippen LogP contribution in [0, 0.1) is 22.3 Å². The molecule has 0 spiro atoms. The van der Waals surface area contributed by atoms with Gasteiger partial charge in [0.25, 0.3) is 0 Å².